The highest BCUT2D eigenvalue weighted by atomic mass is 32.2. The third-order valence-electron chi connectivity index (χ3n) is 2.50. The maximum Gasteiger partial charge on any atom is 0.303 e. The summed E-state index contributed by atoms with van der Waals surface area (Å²) in [5, 5.41) is 12.1. The molecule has 1 aromatic heterocycles. The summed E-state index contributed by atoms with van der Waals surface area (Å²) in [6, 6.07) is 0. The molecule has 0 aliphatic heterocycles. The van der Waals surface area contributed by atoms with Crippen LogP contribution in [0.25, 0.3) is 0 Å². The number of carboxylic acid groups (broad SMARTS) is 1. The Morgan fingerprint density at radius 2 is 2.06 bits per heavy atom. The number of hydrogen-bond donors (Lipinski definition) is 1. The molecule has 1 rings (SSSR count). The molecular weight excluding hydrogens is 260 g/mol. The van der Waals surface area contributed by atoms with Gasteiger partial charge >= 0.3 is 5.97 Å². The molecular formula is C10H16N2O5S. The highest BCUT2D eigenvalue weighted by molar-refractivity contribution is 7.89. The Kier molecular flexibility index (Phi) is 4.47. The predicted octanol–water partition coefficient (Wildman–Crippen LogP) is 0.777. The Hall–Kier alpha value is -1.41. The van der Waals surface area contributed by atoms with Gasteiger partial charge in [-0.05, 0) is 20.3 Å². The van der Waals surface area contributed by atoms with Crippen LogP contribution in [0.5, 0.6) is 0 Å². The molecule has 0 saturated carbocycles. The molecule has 0 aromatic carbocycles. The Morgan fingerprint density at radius 1 is 1.44 bits per heavy atom. The molecule has 0 aliphatic carbocycles. The topological polar surface area (TPSA) is 101 Å². The van der Waals surface area contributed by atoms with E-state index >= 15 is 0 Å². The molecule has 0 radical (unpaired) electrons. The molecule has 0 unspecified atom stereocenters. The van der Waals surface area contributed by atoms with E-state index in [1.807, 2.05) is 0 Å². The maximum absolute atomic E-state index is 12.2. The second-order valence-electron chi connectivity index (χ2n) is 3.98. The minimum absolute atomic E-state index is 0.0559. The molecule has 8 heteroatoms. The van der Waals surface area contributed by atoms with Crippen LogP contribution in [-0.2, 0) is 14.8 Å². The van der Waals surface area contributed by atoms with E-state index in [9.17, 15) is 13.2 Å². The lowest BCUT2D eigenvalue weighted by molar-refractivity contribution is -0.137. The van der Waals surface area contributed by atoms with Gasteiger partial charge in [-0.2, -0.15) is 0 Å². The van der Waals surface area contributed by atoms with Crippen LogP contribution in [-0.4, -0.2) is 42.5 Å². The van der Waals surface area contributed by atoms with E-state index in [4.69, 9.17) is 9.63 Å². The fourth-order valence-corrected chi connectivity index (χ4v) is 3.06. The van der Waals surface area contributed by atoms with E-state index in [2.05, 4.69) is 5.16 Å². The summed E-state index contributed by atoms with van der Waals surface area (Å²) >= 11 is 0. The van der Waals surface area contributed by atoms with Gasteiger partial charge in [0.1, 0.15) is 10.6 Å². The van der Waals surface area contributed by atoms with E-state index in [0.29, 0.717) is 5.69 Å². The molecule has 7 nitrogen and oxygen atoms in total. The average molecular weight is 276 g/mol. The first kappa shape index (κ1) is 14.7. The maximum atomic E-state index is 12.2. The van der Waals surface area contributed by atoms with Gasteiger partial charge in [-0.25, -0.2) is 12.7 Å². The van der Waals surface area contributed by atoms with Crippen molar-refractivity contribution < 1.29 is 22.8 Å². The van der Waals surface area contributed by atoms with Gasteiger partial charge in [-0.3, -0.25) is 4.79 Å². The van der Waals surface area contributed by atoms with Gasteiger partial charge in [0.15, 0.2) is 5.76 Å². The van der Waals surface area contributed by atoms with Crippen LogP contribution in [0.3, 0.4) is 0 Å². The van der Waals surface area contributed by atoms with Crippen molar-refractivity contribution in [1.82, 2.24) is 9.46 Å². The normalized spacial score (nSPS) is 12.0. The summed E-state index contributed by atoms with van der Waals surface area (Å²) in [5.41, 5.74) is 0.303. The van der Waals surface area contributed by atoms with Crippen molar-refractivity contribution in [2.45, 2.75) is 31.6 Å². The molecule has 18 heavy (non-hydrogen) atoms. The molecule has 0 fully saturated rings. The average Bonchev–Trinajstić information content (AvgIpc) is 2.58. The zero-order chi connectivity index (χ0) is 13.9. The number of carbonyl (C=O) groups is 1. The first-order valence-corrected chi connectivity index (χ1v) is 6.82. The van der Waals surface area contributed by atoms with Crippen LogP contribution >= 0.6 is 0 Å². The largest absolute Gasteiger partial charge is 0.481 e. The number of carboxylic acids is 1. The van der Waals surface area contributed by atoms with E-state index in [1.165, 1.54) is 14.0 Å². The number of sulfonamides is 1. The number of aliphatic carboxylic acids is 1. The van der Waals surface area contributed by atoms with Crippen molar-refractivity contribution >= 4 is 16.0 Å². The fraction of sp³-hybridized carbons (Fsp3) is 0.600. The van der Waals surface area contributed by atoms with Crippen molar-refractivity contribution in [3.63, 3.8) is 0 Å². The quantitative estimate of drug-likeness (QED) is 0.823. The number of aryl methyl sites for hydroxylation is 2. The summed E-state index contributed by atoms with van der Waals surface area (Å²) in [6.45, 7) is 3.21. The molecule has 0 bridgehead atoms. The van der Waals surface area contributed by atoms with Gasteiger partial charge in [0.05, 0.1) is 0 Å². The molecule has 0 spiro atoms. The second kappa shape index (κ2) is 5.49. The summed E-state index contributed by atoms with van der Waals surface area (Å²) < 4.78 is 30.3. The van der Waals surface area contributed by atoms with Crippen LogP contribution in [0.2, 0.25) is 0 Å². The van der Waals surface area contributed by atoms with Gasteiger partial charge < -0.3 is 9.63 Å². The minimum atomic E-state index is -3.67. The molecule has 0 saturated heterocycles. The lowest BCUT2D eigenvalue weighted by atomic mass is 10.3. The zero-order valence-corrected chi connectivity index (χ0v) is 11.3. The van der Waals surface area contributed by atoms with Crippen molar-refractivity contribution in [1.29, 1.82) is 0 Å². The standard InChI is InChI=1S/C10H16N2O5S/c1-7-10(8(2)17-11-7)18(15,16)12(3)6-4-5-9(13)14/h4-6H2,1-3H3,(H,13,14). The number of hydrogen-bond acceptors (Lipinski definition) is 5. The number of rotatable bonds is 6. The SMILES string of the molecule is Cc1noc(C)c1S(=O)(=O)N(C)CCCC(=O)O. The Bertz CT molecular complexity index is 515. The van der Waals surface area contributed by atoms with Crippen molar-refractivity contribution in [3.8, 4) is 0 Å². The molecule has 102 valence electrons. The first-order valence-electron chi connectivity index (χ1n) is 5.38. The molecule has 0 aliphatic rings. The fourth-order valence-electron chi connectivity index (χ4n) is 1.57. The second-order valence-corrected chi connectivity index (χ2v) is 5.96. The summed E-state index contributed by atoms with van der Waals surface area (Å²) in [7, 11) is -2.26. The summed E-state index contributed by atoms with van der Waals surface area (Å²) in [5.74, 6) is -0.712. The van der Waals surface area contributed by atoms with Crippen LogP contribution in [0, 0.1) is 13.8 Å². The van der Waals surface area contributed by atoms with Gasteiger partial charge in [0, 0.05) is 20.0 Å². The van der Waals surface area contributed by atoms with Crippen LogP contribution in [0.4, 0.5) is 0 Å². The highest BCUT2D eigenvalue weighted by Gasteiger charge is 2.28. The van der Waals surface area contributed by atoms with Crippen molar-refractivity contribution in [2.24, 2.45) is 0 Å². The number of aromatic nitrogens is 1. The van der Waals surface area contributed by atoms with Gasteiger partial charge in [-0.15, -0.1) is 0 Å². The van der Waals surface area contributed by atoms with E-state index < -0.39 is 16.0 Å². The zero-order valence-electron chi connectivity index (χ0n) is 10.5. The Balaban J connectivity index is 2.84. The van der Waals surface area contributed by atoms with Gasteiger partial charge in [-0.1, -0.05) is 5.16 Å². The lowest BCUT2D eigenvalue weighted by Crippen LogP contribution is -2.29. The molecule has 1 heterocycles. The smallest absolute Gasteiger partial charge is 0.303 e. The minimum Gasteiger partial charge on any atom is -0.481 e. The molecule has 0 atom stereocenters. The van der Waals surface area contributed by atoms with Crippen LogP contribution in [0.1, 0.15) is 24.3 Å². The lowest BCUT2D eigenvalue weighted by Gasteiger charge is -2.16. The van der Waals surface area contributed by atoms with Crippen LogP contribution in [0.15, 0.2) is 9.42 Å². The molecule has 1 N–H and O–H groups in total. The highest BCUT2D eigenvalue weighted by Crippen LogP contribution is 2.22. The predicted molar refractivity (Wildman–Crippen MR) is 62.7 cm³/mol. The molecule has 0 amide bonds. The van der Waals surface area contributed by atoms with E-state index in [-0.39, 0.29) is 30.0 Å². The monoisotopic (exact) mass is 276 g/mol. The van der Waals surface area contributed by atoms with Crippen molar-refractivity contribution in [2.75, 3.05) is 13.6 Å². The van der Waals surface area contributed by atoms with Gasteiger partial charge in [0.2, 0.25) is 10.0 Å². The number of nitrogens with zero attached hydrogens (tertiary/aromatic N) is 2. The third-order valence-corrected chi connectivity index (χ3v) is 4.60. The third kappa shape index (κ3) is 3.08. The summed E-state index contributed by atoms with van der Waals surface area (Å²) in [6.07, 6.45) is 0.190. The Labute approximate surface area is 105 Å². The van der Waals surface area contributed by atoms with Gasteiger partial charge in [0.25, 0.3) is 0 Å². The van der Waals surface area contributed by atoms with Crippen LogP contribution < -0.4 is 0 Å². The van der Waals surface area contributed by atoms with E-state index in [1.54, 1.807) is 6.92 Å². The molecule has 1 aromatic rings. The first-order chi connectivity index (χ1) is 8.26. The Morgan fingerprint density at radius 3 is 2.50 bits per heavy atom. The van der Waals surface area contributed by atoms with E-state index in [0.717, 1.165) is 4.31 Å². The van der Waals surface area contributed by atoms with Crippen molar-refractivity contribution in [3.05, 3.63) is 11.5 Å². The summed E-state index contributed by atoms with van der Waals surface area (Å²) in [4.78, 5) is 10.4.